The van der Waals surface area contributed by atoms with Crippen LogP contribution in [-0.2, 0) is 19.0 Å². The highest BCUT2D eigenvalue weighted by atomic mass is 16.8. The minimum Gasteiger partial charge on any atom is -0.465 e. The third kappa shape index (κ3) is 3.12. The van der Waals surface area contributed by atoms with E-state index in [1.54, 1.807) is 20.8 Å². The summed E-state index contributed by atoms with van der Waals surface area (Å²) in [6.45, 7) is 20.2. The Balaban J connectivity index is 2.21. The molecule has 1 saturated heterocycles. The van der Waals surface area contributed by atoms with Crippen molar-refractivity contribution in [1.82, 2.24) is 0 Å². The Kier molecular flexibility index (Phi) is 5.38. The lowest BCUT2D eigenvalue weighted by Gasteiger charge is -2.42. The molecule has 0 amide bonds. The molecule has 0 aromatic heterocycles. The highest BCUT2D eigenvalue weighted by molar-refractivity contribution is 5.80. The fraction of sp³-hybridized carbons (Fsp3) is 0.792. The van der Waals surface area contributed by atoms with Crippen LogP contribution in [0.25, 0.3) is 0 Å². The van der Waals surface area contributed by atoms with E-state index < -0.39 is 16.8 Å². The first-order valence-corrected chi connectivity index (χ1v) is 10.9. The van der Waals surface area contributed by atoms with Crippen molar-refractivity contribution in [2.45, 2.75) is 91.8 Å². The van der Waals surface area contributed by atoms with Crippen LogP contribution in [-0.4, -0.2) is 41.3 Å². The van der Waals surface area contributed by atoms with Crippen LogP contribution < -0.4 is 0 Å². The van der Waals surface area contributed by atoms with Crippen LogP contribution in [0.15, 0.2) is 23.8 Å². The Bertz CT molecular complexity index is 738. The molecule has 3 aliphatic rings. The van der Waals surface area contributed by atoms with Crippen LogP contribution in [0.2, 0.25) is 0 Å². The van der Waals surface area contributed by atoms with E-state index in [0.717, 1.165) is 12.0 Å². The second-order valence-electron chi connectivity index (χ2n) is 10.4. The SMILES string of the molecule is C=C(C)[C@@]1(O)C=C2[C@H]3OC(C)(C)O[C@H]3[C@H](C(C)C)[C@@]2(C)CC[C@]1(C)C(=O)OCC. The van der Waals surface area contributed by atoms with Crippen molar-refractivity contribution < 1.29 is 24.1 Å². The van der Waals surface area contributed by atoms with Gasteiger partial charge >= 0.3 is 5.97 Å². The van der Waals surface area contributed by atoms with Gasteiger partial charge in [-0.15, -0.1) is 0 Å². The summed E-state index contributed by atoms with van der Waals surface area (Å²) in [4.78, 5) is 13.1. The van der Waals surface area contributed by atoms with E-state index in [1.165, 1.54) is 0 Å². The molecule has 0 aromatic rings. The number of carbonyl (C=O) groups excluding carboxylic acids is 1. The average molecular weight is 407 g/mol. The first-order chi connectivity index (χ1) is 13.2. The Hall–Kier alpha value is -1.17. The number of hydrogen-bond acceptors (Lipinski definition) is 5. The molecule has 6 atom stereocenters. The lowest BCUT2D eigenvalue weighted by atomic mass is 9.65. The molecule has 164 valence electrons. The molecule has 0 unspecified atom stereocenters. The summed E-state index contributed by atoms with van der Waals surface area (Å²) in [7, 11) is 0. The minimum absolute atomic E-state index is 0.0671. The number of carbonyl (C=O) groups is 1. The second-order valence-corrected chi connectivity index (χ2v) is 10.4. The number of fused-ring (bicyclic) bond motifs is 3. The van der Waals surface area contributed by atoms with Gasteiger partial charge in [0.25, 0.3) is 0 Å². The summed E-state index contributed by atoms with van der Waals surface area (Å²) >= 11 is 0. The van der Waals surface area contributed by atoms with Crippen molar-refractivity contribution in [3.8, 4) is 0 Å². The molecule has 5 nitrogen and oxygen atoms in total. The van der Waals surface area contributed by atoms with Crippen LogP contribution in [0.1, 0.15) is 68.2 Å². The van der Waals surface area contributed by atoms with Gasteiger partial charge in [0.2, 0.25) is 0 Å². The normalized spacial score (nSPS) is 43.4. The van der Waals surface area contributed by atoms with Crippen LogP contribution in [0.4, 0.5) is 0 Å². The van der Waals surface area contributed by atoms with E-state index in [2.05, 4.69) is 27.4 Å². The van der Waals surface area contributed by atoms with Crippen LogP contribution >= 0.6 is 0 Å². The van der Waals surface area contributed by atoms with E-state index in [0.29, 0.717) is 17.9 Å². The van der Waals surface area contributed by atoms with Crippen LogP contribution in [0.3, 0.4) is 0 Å². The molecule has 0 radical (unpaired) electrons. The summed E-state index contributed by atoms with van der Waals surface area (Å²) in [6.07, 6.45) is 2.80. The van der Waals surface area contributed by atoms with Gasteiger partial charge in [-0.2, -0.15) is 0 Å². The molecular weight excluding hydrogens is 368 g/mol. The number of hydrogen-bond donors (Lipinski definition) is 1. The maximum Gasteiger partial charge on any atom is 0.315 e. The Morgan fingerprint density at radius 3 is 2.41 bits per heavy atom. The molecule has 5 heteroatoms. The lowest BCUT2D eigenvalue weighted by molar-refractivity contribution is -0.166. The zero-order valence-corrected chi connectivity index (χ0v) is 19.3. The van der Waals surface area contributed by atoms with Crippen LogP contribution in [0.5, 0.6) is 0 Å². The van der Waals surface area contributed by atoms with Crippen molar-refractivity contribution in [2.75, 3.05) is 6.61 Å². The molecular formula is C24H38O5. The Morgan fingerprint density at radius 2 is 1.90 bits per heavy atom. The van der Waals surface area contributed by atoms with Gasteiger partial charge in [0, 0.05) is 0 Å². The van der Waals surface area contributed by atoms with Gasteiger partial charge in [-0.25, -0.2) is 0 Å². The monoisotopic (exact) mass is 406 g/mol. The molecule has 1 heterocycles. The average Bonchev–Trinajstić information content (AvgIpc) is 2.97. The number of aliphatic hydroxyl groups is 1. The fourth-order valence-electron chi connectivity index (χ4n) is 6.07. The van der Waals surface area contributed by atoms with Crippen molar-refractivity contribution in [2.24, 2.45) is 22.7 Å². The predicted octanol–water partition coefficient (Wildman–Crippen LogP) is 4.40. The van der Waals surface area contributed by atoms with E-state index in [9.17, 15) is 9.90 Å². The number of ether oxygens (including phenoxy) is 3. The van der Waals surface area contributed by atoms with Crippen molar-refractivity contribution in [3.63, 3.8) is 0 Å². The third-order valence-corrected chi connectivity index (χ3v) is 7.63. The molecule has 0 bridgehead atoms. The molecule has 29 heavy (non-hydrogen) atoms. The van der Waals surface area contributed by atoms with Gasteiger partial charge < -0.3 is 19.3 Å². The molecule has 2 aliphatic carbocycles. The molecule has 0 spiro atoms. The fourth-order valence-corrected chi connectivity index (χ4v) is 6.07. The van der Waals surface area contributed by atoms with E-state index in [4.69, 9.17) is 14.2 Å². The quantitative estimate of drug-likeness (QED) is 0.554. The predicted molar refractivity (Wildman–Crippen MR) is 112 cm³/mol. The molecule has 2 fully saturated rings. The Labute approximate surface area is 175 Å². The highest BCUT2D eigenvalue weighted by Crippen LogP contribution is 2.63. The van der Waals surface area contributed by atoms with Crippen molar-refractivity contribution in [1.29, 1.82) is 0 Å². The smallest absolute Gasteiger partial charge is 0.315 e. The topological polar surface area (TPSA) is 65.0 Å². The summed E-state index contributed by atoms with van der Waals surface area (Å²) in [5, 5.41) is 11.9. The van der Waals surface area contributed by atoms with Gasteiger partial charge in [-0.3, -0.25) is 4.79 Å². The Morgan fingerprint density at radius 1 is 1.28 bits per heavy atom. The first-order valence-electron chi connectivity index (χ1n) is 10.9. The third-order valence-electron chi connectivity index (χ3n) is 7.63. The van der Waals surface area contributed by atoms with Gasteiger partial charge in [-0.1, -0.05) is 27.4 Å². The number of esters is 1. The van der Waals surface area contributed by atoms with E-state index in [1.807, 2.05) is 19.9 Å². The maximum atomic E-state index is 13.1. The zero-order chi connectivity index (χ0) is 22.0. The largest absolute Gasteiger partial charge is 0.465 e. The molecule has 0 aromatic carbocycles. The number of rotatable bonds is 4. The molecule has 1 aliphatic heterocycles. The standard InChI is InChI=1S/C24H38O5/c1-10-27-20(25)23(9)12-11-22(8)16(13-24(23,26)15(4)5)18-19(17(22)14(2)3)29-21(6,7)28-18/h13-14,17-19,26H,4,10-12H2,1-3,5-9H3/t17-,18+,19-,22-,23+,24-/m0/s1. The molecule has 3 rings (SSSR count). The van der Waals surface area contributed by atoms with Gasteiger partial charge in [-0.05, 0) is 81.9 Å². The maximum absolute atomic E-state index is 13.1. The van der Waals surface area contributed by atoms with Crippen LogP contribution in [0, 0.1) is 22.7 Å². The second kappa shape index (κ2) is 6.93. The van der Waals surface area contributed by atoms with Gasteiger partial charge in [0.05, 0.1) is 12.7 Å². The summed E-state index contributed by atoms with van der Waals surface area (Å²) in [6, 6.07) is 0. The van der Waals surface area contributed by atoms with Gasteiger partial charge in [0.1, 0.15) is 17.1 Å². The summed E-state index contributed by atoms with van der Waals surface area (Å²) in [5.41, 5.74) is -1.30. The molecule has 1 saturated carbocycles. The lowest BCUT2D eigenvalue weighted by Crippen LogP contribution is -2.51. The molecule has 1 N–H and O–H groups in total. The van der Waals surface area contributed by atoms with Crippen molar-refractivity contribution in [3.05, 3.63) is 23.8 Å². The minimum atomic E-state index is -1.52. The highest BCUT2D eigenvalue weighted by Gasteiger charge is 2.65. The van der Waals surface area contributed by atoms with Gasteiger partial charge in [0.15, 0.2) is 5.79 Å². The van der Waals surface area contributed by atoms with E-state index in [-0.39, 0.29) is 36.1 Å². The summed E-state index contributed by atoms with van der Waals surface area (Å²) < 4.78 is 18.1. The van der Waals surface area contributed by atoms with Crippen molar-refractivity contribution >= 4 is 5.97 Å². The van der Waals surface area contributed by atoms with E-state index >= 15 is 0 Å². The first kappa shape index (κ1) is 22.5. The summed E-state index contributed by atoms with van der Waals surface area (Å²) in [5.74, 6) is -0.476. The zero-order valence-electron chi connectivity index (χ0n) is 19.3.